The summed E-state index contributed by atoms with van der Waals surface area (Å²) >= 11 is 1.76. The van der Waals surface area contributed by atoms with Crippen molar-refractivity contribution in [1.29, 1.82) is 0 Å². The lowest BCUT2D eigenvalue weighted by atomic mass is 10.2. The van der Waals surface area contributed by atoms with Gasteiger partial charge in [0.25, 0.3) is 0 Å². The number of nitrogens with one attached hydrogen (secondary N) is 1. The summed E-state index contributed by atoms with van der Waals surface area (Å²) in [6, 6.07) is 16.3. The summed E-state index contributed by atoms with van der Waals surface area (Å²) in [6.45, 7) is 0. The number of rotatable bonds is 4. The number of para-hydroxylation sites is 1. The first kappa shape index (κ1) is 12.9. The van der Waals surface area contributed by atoms with Crippen molar-refractivity contribution in [2.24, 2.45) is 0 Å². The number of ether oxygens (including phenoxy) is 1. The van der Waals surface area contributed by atoms with Crippen LogP contribution in [0.25, 0.3) is 10.9 Å². The third-order valence-electron chi connectivity index (χ3n) is 3.12. The fourth-order valence-electron chi connectivity index (χ4n) is 2.17. The second kappa shape index (κ2) is 5.51. The maximum atomic E-state index is 5.87. The van der Waals surface area contributed by atoms with Gasteiger partial charge in [-0.05, 0) is 29.8 Å². The number of fused-ring (bicyclic) bond motifs is 1. The van der Waals surface area contributed by atoms with Gasteiger partial charge in [0, 0.05) is 28.4 Å². The fraction of sp³-hybridized carbons (Fsp3) is 0.125. The number of thioether (sulfide) groups is 1. The van der Waals surface area contributed by atoms with Gasteiger partial charge < -0.3 is 15.5 Å². The van der Waals surface area contributed by atoms with E-state index in [4.69, 9.17) is 10.5 Å². The molecular weight excluding hydrogens is 268 g/mol. The number of hydrogen-bond acceptors (Lipinski definition) is 3. The molecule has 3 aromatic rings. The molecule has 4 heteroatoms. The summed E-state index contributed by atoms with van der Waals surface area (Å²) in [5.41, 5.74) is 8.93. The Kier molecular flexibility index (Phi) is 3.56. The van der Waals surface area contributed by atoms with Crippen LogP contribution in [-0.4, -0.2) is 12.1 Å². The van der Waals surface area contributed by atoms with Gasteiger partial charge in [-0.3, -0.25) is 0 Å². The minimum atomic E-state index is 0.733. The van der Waals surface area contributed by atoms with Crippen LogP contribution in [-0.2, 0) is 5.75 Å². The van der Waals surface area contributed by atoms with E-state index < -0.39 is 0 Å². The Labute approximate surface area is 122 Å². The van der Waals surface area contributed by atoms with Gasteiger partial charge in [0.2, 0.25) is 0 Å². The largest absolute Gasteiger partial charge is 0.497 e. The predicted molar refractivity (Wildman–Crippen MR) is 85.3 cm³/mol. The molecule has 0 atom stereocenters. The molecule has 0 aliphatic rings. The van der Waals surface area contributed by atoms with Crippen LogP contribution in [0.3, 0.4) is 0 Å². The molecule has 0 amide bonds. The third-order valence-corrected chi connectivity index (χ3v) is 4.13. The molecule has 2 aromatic carbocycles. The average molecular weight is 284 g/mol. The number of hydrogen-bond donors (Lipinski definition) is 2. The van der Waals surface area contributed by atoms with Crippen molar-refractivity contribution in [3.05, 3.63) is 54.1 Å². The van der Waals surface area contributed by atoms with Gasteiger partial charge in [-0.2, -0.15) is 0 Å². The zero-order valence-electron chi connectivity index (χ0n) is 11.2. The fourth-order valence-corrected chi connectivity index (χ4v) is 3.05. The van der Waals surface area contributed by atoms with E-state index in [0.717, 1.165) is 27.8 Å². The minimum Gasteiger partial charge on any atom is -0.497 e. The van der Waals surface area contributed by atoms with Gasteiger partial charge in [0.05, 0.1) is 12.1 Å². The summed E-state index contributed by atoms with van der Waals surface area (Å²) in [5.74, 6) is 1.66. The van der Waals surface area contributed by atoms with Crippen LogP contribution in [0.2, 0.25) is 0 Å². The van der Waals surface area contributed by atoms with Crippen molar-refractivity contribution in [3.63, 3.8) is 0 Å². The first-order valence-corrected chi connectivity index (χ1v) is 7.37. The molecule has 0 fully saturated rings. The summed E-state index contributed by atoms with van der Waals surface area (Å²) < 4.78 is 5.24. The van der Waals surface area contributed by atoms with E-state index in [9.17, 15) is 0 Å². The van der Waals surface area contributed by atoms with Crippen LogP contribution < -0.4 is 10.5 Å². The van der Waals surface area contributed by atoms with E-state index >= 15 is 0 Å². The van der Waals surface area contributed by atoms with Crippen molar-refractivity contribution < 1.29 is 4.74 Å². The number of aromatic nitrogens is 1. The zero-order chi connectivity index (χ0) is 13.9. The first-order valence-electron chi connectivity index (χ1n) is 6.38. The highest BCUT2D eigenvalue weighted by Gasteiger charge is 2.03. The molecule has 3 nitrogen and oxygen atoms in total. The Morgan fingerprint density at radius 1 is 1.15 bits per heavy atom. The van der Waals surface area contributed by atoms with E-state index in [-0.39, 0.29) is 0 Å². The van der Waals surface area contributed by atoms with Gasteiger partial charge in [-0.1, -0.05) is 18.2 Å². The number of aromatic amines is 1. The highest BCUT2D eigenvalue weighted by molar-refractivity contribution is 7.98. The van der Waals surface area contributed by atoms with Crippen LogP contribution in [0.1, 0.15) is 5.56 Å². The molecule has 0 aliphatic carbocycles. The molecule has 0 aliphatic heterocycles. The van der Waals surface area contributed by atoms with Gasteiger partial charge >= 0.3 is 0 Å². The van der Waals surface area contributed by atoms with Crippen LogP contribution in [0, 0.1) is 0 Å². The Balaban J connectivity index is 1.77. The average Bonchev–Trinajstić information content (AvgIpc) is 2.87. The van der Waals surface area contributed by atoms with E-state index in [2.05, 4.69) is 23.2 Å². The van der Waals surface area contributed by atoms with Crippen LogP contribution >= 0.6 is 11.8 Å². The normalized spacial score (nSPS) is 10.8. The summed E-state index contributed by atoms with van der Waals surface area (Å²) in [6.07, 6.45) is 0. The lowest BCUT2D eigenvalue weighted by molar-refractivity contribution is 0.414. The Bertz CT molecular complexity index is 703. The Morgan fingerprint density at radius 3 is 2.80 bits per heavy atom. The zero-order valence-corrected chi connectivity index (χ0v) is 12.0. The molecule has 0 bridgehead atoms. The standard InChI is InChI=1S/C16H16N2OS/c1-19-14-7-11(6-13(17)9-14)10-20-16-8-12-4-2-3-5-15(12)18-16/h2-9,18H,10,17H2,1H3. The van der Waals surface area contributed by atoms with E-state index in [1.807, 2.05) is 30.3 Å². The highest BCUT2D eigenvalue weighted by atomic mass is 32.2. The minimum absolute atomic E-state index is 0.733. The monoisotopic (exact) mass is 284 g/mol. The van der Waals surface area contributed by atoms with Crippen molar-refractivity contribution in [3.8, 4) is 5.75 Å². The molecule has 1 heterocycles. The molecule has 0 unspecified atom stereocenters. The SMILES string of the molecule is COc1cc(N)cc(CSc2cc3ccccc3[nH]2)c1. The molecule has 3 N–H and O–H groups in total. The van der Waals surface area contributed by atoms with Gasteiger partial charge in [-0.25, -0.2) is 0 Å². The van der Waals surface area contributed by atoms with Crippen molar-refractivity contribution >= 4 is 28.4 Å². The number of methoxy groups -OCH3 is 1. The molecule has 0 radical (unpaired) electrons. The second-order valence-corrected chi connectivity index (χ2v) is 5.64. The predicted octanol–water partition coefficient (Wildman–Crippen LogP) is 4.05. The molecule has 0 spiro atoms. The van der Waals surface area contributed by atoms with Gasteiger partial charge in [0.15, 0.2) is 0 Å². The Morgan fingerprint density at radius 2 is 2.00 bits per heavy atom. The van der Waals surface area contributed by atoms with Crippen LogP contribution in [0.15, 0.2) is 53.6 Å². The quantitative estimate of drug-likeness (QED) is 0.561. The molecule has 0 saturated heterocycles. The molecule has 0 saturated carbocycles. The number of nitrogen functional groups attached to an aromatic ring is 1. The maximum Gasteiger partial charge on any atom is 0.121 e. The smallest absolute Gasteiger partial charge is 0.121 e. The maximum absolute atomic E-state index is 5.87. The second-order valence-electron chi connectivity index (χ2n) is 4.62. The van der Waals surface area contributed by atoms with Crippen LogP contribution in [0.4, 0.5) is 5.69 Å². The van der Waals surface area contributed by atoms with Gasteiger partial charge in [0.1, 0.15) is 5.75 Å². The topological polar surface area (TPSA) is 51.0 Å². The van der Waals surface area contributed by atoms with E-state index in [0.29, 0.717) is 0 Å². The number of anilines is 1. The van der Waals surface area contributed by atoms with Crippen molar-refractivity contribution in [2.45, 2.75) is 10.8 Å². The summed E-state index contributed by atoms with van der Waals surface area (Å²) in [7, 11) is 1.66. The number of H-pyrrole nitrogens is 1. The van der Waals surface area contributed by atoms with Crippen molar-refractivity contribution in [1.82, 2.24) is 4.98 Å². The van der Waals surface area contributed by atoms with Gasteiger partial charge in [-0.15, -0.1) is 11.8 Å². The van der Waals surface area contributed by atoms with E-state index in [1.165, 1.54) is 10.9 Å². The van der Waals surface area contributed by atoms with Crippen molar-refractivity contribution in [2.75, 3.05) is 12.8 Å². The third kappa shape index (κ3) is 2.75. The van der Waals surface area contributed by atoms with E-state index in [1.54, 1.807) is 18.9 Å². The lowest BCUT2D eigenvalue weighted by Gasteiger charge is -2.06. The molecular formula is C16H16N2OS. The number of benzene rings is 2. The summed E-state index contributed by atoms with van der Waals surface area (Å²) in [4.78, 5) is 3.41. The molecule has 102 valence electrons. The van der Waals surface area contributed by atoms with Crippen LogP contribution in [0.5, 0.6) is 5.75 Å². The summed E-state index contributed by atoms with van der Waals surface area (Å²) in [5, 5.41) is 2.40. The first-order chi connectivity index (χ1) is 9.74. The molecule has 1 aromatic heterocycles. The molecule has 20 heavy (non-hydrogen) atoms. The highest BCUT2D eigenvalue weighted by Crippen LogP contribution is 2.28. The molecule has 3 rings (SSSR count). The lowest BCUT2D eigenvalue weighted by Crippen LogP contribution is -1.91. The Hall–Kier alpha value is -2.07. The number of nitrogens with two attached hydrogens (primary N) is 1.